The van der Waals surface area contributed by atoms with Gasteiger partial charge in [-0.2, -0.15) is 4.31 Å². The number of hydrogen-bond acceptors (Lipinski definition) is 4. The zero-order valence-electron chi connectivity index (χ0n) is 9.80. The van der Waals surface area contributed by atoms with E-state index in [0.717, 1.165) is 12.8 Å². The fourth-order valence-electron chi connectivity index (χ4n) is 1.73. The number of nitrogens with two attached hydrogens (primary N) is 1. The molecule has 1 aliphatic carbocycles. The highest BCUT2D eigenvalue weighted by Gasteiger charge is 2.39. The van der Waals surface area contributed by atoms with E-state index >= 15 is 0 Å². The largest absolute Gasteiger partial charge is 0.452 e. The molecule has 0 amide bonds. The molecular weight excluding hydrogens is 320 g/mol. The summed E-state index contributed by atoms with van der Waals surface area (Å²) in [6, 6.07) is 1.55. The lowest BCUT2D eigenvalue weighted by atomic mass is 10.5. The van der Waals surface area contributed by atoms with E-state index in [-0.39, 0.29) is 22.2 Å². The molecule has 0 radical (unpaired) electrons. The molecule has 2 N–H and O–H groups in total. The SMILES string of the molecule is C=CCN(C1CC1)S(=O)(=O)c1cc(CN)oc1Br. The first-order chi connectivity index (χ1) is 8.50. The molecule has 7 heteroatoms. The summed E-state index contributed by atoms with van der Waals surface area (Å²) in [5.41, 5.74) is 5.44. The van der Waals surface area contributed by atoms with Crippen LogP contribution in [0.3, 0.4) is 0 Å². The van der Waals surface area contributed by atoms with Crippen LogP contribution in [0.5, 0.6) is 0 Å². The minimum atomic E-state index is -3.55. The van der Waals surface area contributed by atoms with Crippen molar-refractivity contribution in [3.8, 4) is 0 Å². The summed E-state index contributed by atoms with van der Waals surface area (Å²) in [6.45, 7) is 4.07. The van der Waals surface area contributed by atoms with Crippen molar-refractivity contribution in [1.82, 2.24) is 4.31 Å². The zero-order chi connectivity index (χ0) is 13.3. The predicted molar refractivity (Wildman–Crippen MR) is 71.4 cm³/mol. The first-order valence-electron chi connectivity index (χ1n) is 5.61. The molecule has 18 heavy (non-hydrogen) atoms. The van der Waals surface area contributed by atoms with Gasteiger partial charge in [0.1, 0.15) is 10.7 Å². The van der Waals surface area contributed by atoms with E-state index in [2.05, 4.69) is 22.5 Å². The van der Waals surface area contributed by atoms with Crippen LogP contribution in [0.4, 0.5) is 0 Å². The molecule has 5 nitrogen and oxygen atoms in total. The topological polar surface area (TPSA) is 76.5 Å². The molecule has 1 saturated carbocycles. The number of rotatable bonds is 6. The number of sulfonamides is 1. The van der Waals surface area contributed by atoms with Gasteiger partial charge in [-0.15, -0.1) is 6.58 Å². The zero-order valence-corrected chi connectivity index (χ0v) is 12.2. The minimum absolute atomic E-state index is 0.0797. The standard InChI is InChI=1S/C11H15BrN2O3S/c1-2-5-14(8-3-4-8)18(15,16)10-6-9(7-13)17-11(10)12/h2,6,8H,1,3-5,7,13H2. The molecule has 0 unspecified atom stereocenters. The lowest BCUT2D eigenvalue weighted by Crippen LogP contribution is -2.33. The van der Waals surface area contributed by atoms with Crippen molar-refractivity contribution in [1.29, 1.82) is 0 Å². The maximum atomic E-state index is 12.5. The smallest absolute Gasteiger partial charge is 0.248 e. The Hall–Kier alpha value is -0.630. The van der Waals surface area contributed by atoms with E-state index in [1.54, 1.807) is 6.08 Å². The van der Waals surface area contributed by atoms with Gasteiger partial charge in [0.2, 0.25) is 10.0 Å². The average molecular weight is 335 g/mol. The molecule has 0 atom stereocenters. The van der Waals surface area contributed by atoms with Crippen LogP contribution in [0.2, 0.25) is 0 Å². The summed E-state index contributed by atoms with van der Waals surface area (Å²) in [4.78, 5) is 0.136. The normalized spacial score (nSPS) is 16.2. The van der Waals surface area contributed by atoms with Crippen molar-refractivity contribution < 1.29 is 12.8 Å². The van der Waals surface area contributed by atoms with Gasteiger partial charge >= 0.3 is 0 Å². The van der Waals surface area contributed by atoms with Crippen LogP contribution >= 0.6 is 15.9 Å². The van der Waals surface area contributed by atoms with Crippen molar-refractivity contribution in [2.75, 3.05) is 6.54 Å². The first kappa shape index (κ1) is 13.8. The lowest BCUT2D eigenvalue weighted by Gasteiger charge is -2.19. The summed E-state index contributed by atoms with van der Waals surface area (Å²) >= 11 is 3.13. The molecule has 100 valence electrons. The predicted octanol–water partition coefficient (Wildman–Crippen LogP) is 1.84. The lowest BCUT2D eigenvalue weighted by molar-refractivity contribution is 0.432. The highest BCUT2D eigenvalue weighted by Crippen LogP contribution is 2.35. The maximum Gasteiger partial charge on any atom is 0.248 e. The minimum Gasteiger partial charge on any atom is -0.452 e. The van der Waals surface area contributed by atoms with Crippen molar-refractivity contribution in [3.63, 3.8) is 0 Å². The Labute approximate surface area is 115 Å². The molecule has 1 aliphatic rings. The molecule has 1 aromatic rings. The average Bonchev–Trinajstić information content (AvgIpc) is 3.08. The van der Waals surface area contributed by atoms with E-state index in [4.69, 9.17) is 10.2 Å². The fourth-order valence-corrected chi connectivity index (χ4v) is 4.35. The number of halogens is 1. The van der Waals surface area contributed by atoms with Crippen molar-refractivity contribution >= 4 is 26.0 Å². The summed E-state index contributed by atoms with van der Waals surface area (Å²) < 4.78 is 31.9. The quantitative estimate of drug-likeness (QED) is 0.805. The van der Waals surface area contributed by atoms with Crippen LogP contribution < -0.4 is 5.73 Å². The monoisotopic (exact) mass is 334 g/mol. The van der Waals surface area contributed by atoms with Crippen LogP contribution in [-0.2, 0) is 16.6 Å². The Bertz CT molecular complexity index is 549. The van der Waals surface area contributed by atoms with Crippen molar-refractivity contribution in [3.05, 3.63) is 29.2 Å². The van der Waals surface area contributed by atoms with Gasteiger partial charge in [-0.3, -0.25) is 0 Å². The van der Waals surface area contributed by atoms with Crippen LogP contribution in [0.1, 0.15) is 18.6 Å². The van der Waals surface area contributed by atoms with Gasteiger partial charge in [-0.05, 0) is 28.8 Å². The highest BCUT2D eigenvalue weighted by molar-refractivity contribution is 9.10. The Kier molecular flexibility index (Phi) is 3.96. The van der Waals surface area contributed by atoms with E-state index < -0.39 is 10.0 Å². The van der Waals surface area contributed by atoms with Crippen LogP contribution in [0.15, 0.2) is 32.7 Å². The van der Waals surface area contributed by atoms with E-state index in [9.17, 15) is 8.42 Å². The second-order valence-corrected chi connectivity index (χ2v) is 6.73. The molecule has 0 spiro atoms. The fraction of sp³-hybridized carbons (Fsp3) is 0.455. The Morgan fingerprint density at radius 2 is 2.28 bits per heavy atom. The Morgan fingerprint density at radius 3 is 2.72 bits per heavy atom. The number of nitrogens with zero attached hydrogens (tertiary/aromatic N) is 1. The first-order valence-corrected chi connectivity index (χ1v) is 7.85. The van der Waals surface area contributed by atoms with Crippen molar-refractivity contribution in [2.45, 2.75) is 30.3 Å². The Morgan fingerprint density at radius 1 is 1.61 bits per heavy atom. The van der Waals surface area contributed by atoms with Gasteiger partial charge in [-0.25, -0.2) is 8.42 Å². The molecule has 0 aliphatic heterocycles. The molecule has 0 aromatic carbocycles. The third kappa shape index (κ3) is 2.54. The van der Waals surface area contributed by atoms with E-state index in [1.165, 1.54) is 10.4 Å². The molecule has 0 bridgehead atoms. The van der Waals surface area contributed by atoms with Crippen LogP contribution in [-0.4, -0.2) is 25.3 Å². The number of furan rings is 1. The van der Waals surface area contributed by atoms with Gasteiger partial charge in [0.15, 0.2) is 4.67 Å². The molecular formula is C11H15BrN2O3S. The second kappa shape index (κ2) is 5.16. The Balaban J connectivity index is 2.38. The highest BCUT2D eigenvalue weighted by atomic mass is 79.9. The van der Waals surface area contributed by atoms with E-state index in [1.807, 2.05) is 0 Å². The van der Waals surface area contributed by atoms with Crippen LogP contribution in [0.25, 0.3) is 0 Å². The summed E-state index contributed by atoms with van der Waals surface area (Å²) in [5.74, 6) is 0.440. The maximum absolute atomic E-state index is 12.5. The van der Waals surface area contributed by atoms with E-state index in [0.29, 0.717) is 12.3 Å². The molecule has 1 fully saturated rings. The van der Waals surface area contributed by atoms with Crippen LogP contribution in [0, 0.1) is 0 Å². The molecule has 1 heterocycles. The van der Waals surface area contributed by atoms with Gasteiger partial charge in [0.25, 0.3) is 0 Å². The molecule has 0 saturated heterocycles. The number of hydrogen-bond donors (Lipinski definition) is 1. The molecule has 2 rings (SSSR count). The van der Waals surface area contributed by atoms with Gasteiger partial charge in [-0.1, -0.05) is 6.08 Å². The molecule has 1 aromatic heterocycles. The van der Waals surface area contributed by atoms with Crippen molar-refractivity contribution in [2.24, 2.45) is 5.73 Å². The van der Waals surface area contributed by atoms with Gasteiger partial charge in [0.05, 0.1) is 6.54 Å². The summed E-state index contributed by atoms with van der Waals surface area (Å²) in [7, 11) is -3.55. The third-order valence-electron chi connectivity index (χ3n) is 2.76. The van der Waals surface area contributed by atoms with Gasteiger partial charge < -0.3 is 10.2 Å². The summed E-state index contributed by atoms with van der Waals surface area (Å²) in [6.07, 6.45) is 3.38. The third-order valence-corrected chi connectivity index (χ3v) is 5.53. The second-order valence-electron chi connectivity index (χ2n) is 4.15. The van der Waals surface area contributed by atoms with Gasteiger partial charge in [0, 0.05) is 18.7 Å². The summed E-state index contributed by atoms with van der Waals surface area (Å²) in [5, 5.41) is 0.